The zero-order chi connectivity index (χ0) is 28.7. The monoisotopic (exact) mass is 564 g/mol. The van der Waals surface area contributed by atoms with Crippen molar-refractivity contribution in [2.75, 3.05) is 0 Å². The molecule has 0 spiro atoms. The SMILES string of the molecule is CC(C)(C)[Si](O[C@H]1CCCc2nc(C3(NC(=O)c4ccc(F)cc4)CC3)ccc21)(c1ccccc1)c1ccccc1. The number of nitrogens with zero attached hydrogens (tertiary/aromatic N) is 1. The number of pyridine rings is 1. The van der Waals surface area contributed by atoms with Gasteiger partial charge in [0.05, 0.1) is 17.3 Å². The third-order valence-corrected chi connectivity index (χ3v) is 13.7. The molecule has 0 aliphatic heterocycles. The molecule has 6 rings (SSSR count). The summed E-state index contributed by atoms with van der Waals surface area (Å²) < 4.78 is 20.9. The maximum atomic E-state index is 13.4. The predicted octanol–water partition coefficient (Wildman–Crippen LogP) is 6.59. The molecule has 0 radical (unpaired) electrons. The molecule has 210 valence electrons. The molecule has 4 aromatic rings. The van der Waals surface area contributed by atoms with E-state index in [0.717, 1.165) is 49.1 Å². The van der Waals surface area contributed by atoms with Crippen LogP contribution in [0.1, 0.15) is 79.9 Å². The molecule has 41 heavy (non-hydrogen) atoms. The molecular formula is C35H37FN2O2Si. The fourth-order valence-electron chi connectivity index (χ4n) is 6.37. The maximum absolute atomic E-state index is 13.4. The fraction of sp³-hybridized carbons (Fsp3) is 0.314. The number of nitrogens with one attached hydrogen (secondary N) is 1. The van der Waals surface area contributed by atoms with Gasteiger partial charge in [-0.1, -0.05) is 87.5 Å². The number of halogens is 1. The molecule has 6 heteroatoms. The molecule has 0 saturated heterocycles. The van der Waals surface area contributed by atoms with Crippen LogP contribution < -0.4 is 15.7 Å². The van der Waals surface area contributed by atoms with Crippen molar-refractivity contribution in [3.05, 3.63) is 125 Å². The van der Waals surface area contributed by atoms with E-state index in [0.29, 0.717) is 5.56 Å². The Morgan fingerprint density at radius 1 is 0.902 bits per heavy atom. The van der Waals surface area contributed by atoms with E-state index < -0.39 is 13.9 Å². The van der Waals surface area contributed by atoms with Gasteiger partial charge >= 0.3 is 0 Å². The summed E-state index contributed by atoms with van der Waals surface area (Å²) >= 11 is 0. The van der Waals surface area contributed by atoms with Crippen LogP contribution in [0.4, 0.5) is 4.39 Å². The summed E-state index contributed by atoms with van der Waals surface area (Å²) in [7, 11) is -2.72. The molecule has 1 atom stereocenters. The molecule has 1 N–H and O–H groups in total. The van der Waals surface area contributed by atoms with Crippen molar-refractivity contribution in [3.8, 4) is 0 Å². The summed E-state index contributed by atoms with van der Waals surface area (Å²) in [6.07, 6.45) is 4.47. The third kappa shape index (κ3) is 5.15. The lowest BCUT2D eigenvalue weighted by Gasteiger charge is -2.46. The number of fused-ring (bicyclic) bond motifs is 1. The van der Waals surface area contributed by atoms with Crippen molar-refractivity contribution < 1.29 is 13.6 Å². The van der Waals surface area contributed by atoms with E-state index in [4.69, 9.17) is 9.41 Å². The minimum absolute atomic E-state index is 0.0597. The number of benzene rings is 3. The lowest BCUT2D eigenvalue weighted by atomic mass is 9.92. The smallest absolute Gasteiger partial charge is 0.261 e. The van der Waals surface area contributed by atoms with Gasteiger partial charge in [0, 0.05) is 16.8 Å². The Morgan fingerprint density at radius 3 is 2.07 bits per heavy atom. The topological polar surface area (TPSA) is 51.2 Å². The summed E-state index contributed by atoms with van der Waals surface area (Å²) in [6.45, 7) is 6.93. The largest absolute Gasteiger partial charge is 0.400 e. The lowest BCUT2D eigenvalue weighted by molar-refractivity contribution is 0.0929. The van der Waals surface area contributed by atoms with Crippen LogP contribution in [-0.4, -0.2) is 19.2 Å². The molecular weight excluding hydrogens is 527 g/mol. The van der Waals surface area contributed by atoms with E-state index >= 15 is 0 Å². The molecule has 1 fully saturated rings. The highest BCUT2D eigenvalue weighted by atomic mass is 28.4. The molecule has 2 aliphatic carbocycles. The van der Waals surface area contributed by atoms with Crippen LogP contribution >= 0.6 is 0 Å². The Morgan fingerprint density at radius 2 is 1.51 bits per heavy atom. The fourth-order valence-corrected chi connectivity index (χ4v) is 11.1. The Hall–Kier alpha value is -3.61. The number of amides is 1. The van der Waals surface area contributed by atoms with Gasteiger partial charge in [0.2, 0.25) is 0 Å². The van der Waals surface area contributed by atoms with Gasteiger partial charge in [-0.25, -0.2) is 4.39 Å². The first-order valence-electron chi connectivity index (χ1n) is 14.6. The van der Waals surface area contributed by atoms with Crippen molar-refractivity contribution in [3.63, 3.8) is 0 Å². The van der Waals surface area contributed by atoms with Crippen molar-refractivity contribution in [1.29, 1.82) is 0 Å². The number of rotatable bonds is 7. The van der Waals surface area contributed by atoms with Crippen LogP contribution in [0.25, 0.3) is 0 Å². The van der Waals surface area contributed by atoms with Crippen molar-refractivity contribution in [2.45, 2.75) is 69.6 Å². The summed E-state index contributed by atoms with van der Waals surface area (Å²) in [6, 6.07) is 31.5. The lowest BCUT2D eigenvalue weighted by Crippen LogP contribution is -2.67. The van der Waals surface area contributed by atoms with Crippen LogP contribution in [0.15, 0.2) is 97.1 Å². The Labute approximate surface area is 243 Å². The second-order valence-electron chi connectivity index (χ2n) is 12.4. The molecule has 3 aromatic carbocycles. The molecule has 1 heterocycles. The number of carbonyl (C=O) groups excluding carboxylic acids is 1. The summed E-state index contributed by atoms with van der Waals surface area (Å²) in [5, 5.41) is 5.63. The second kappa shape index (κ2) is 10.7. The van der Waals surface area contributed by atoms with Crippen LogP contribution in [0.3, 0.4) is 0 Å². The minimum Gasteiger partial charge on any atom is -0.400 e. The first-order chi connectivity index (χ1) is 19.7. The Bertz CT molecular complexity index is 1490. The van der Waals surface area contributed by atoms with Gasteiger partial charge in [0.1, 0.15) is 5.82 Å². The van der Waals surface area contributed by atoms with Gasteiger partial charge < -0.3 is 9.74 Å². The van der Waals surface area contributed by atoms with E-state index in [2.05, 4.69) is 98.9 Å². The highest BCUT2D eigenvalue weighted by molar-refractivity contribution is 6.99. The summed E-state index contributed by atoms with van der Waals surface area (Å²) in [4.78, 5) is 18.1. The van der Waals surface area contributed by atoms with Gasteiger partial charge in [0.15, 0.2) is 0 Å². The van der Waals surface area contributed by atoms with Gasteiger partial charge in [0.25, 0.3) is 14.2 Å². The number of aromatic nitrogens is 1. The highest BCUT2D eigenvalue weighted by Gasteiger charge is 2.52. The number of hydrogen-bond donors (Lipinski definition) is 1. The van der Waals surface area contributed by atoms with Crippen LogP contribution in [0.2, 0.25) is 5.04 Å². The van der Waals surface area contributed by atoms with Gasteiger partial charge in [-0.2, -0.15) is 0 Å². The average molecular weight is 565 g/mol. The normalized spacial score (nSPS) is 17.9. The Balaban J connectivity index is 1.33. The summed E-state index contributed by atoms with van der Waals surface area (Å²) in [5.74, 6) is -0.552. The molecule has 1 aromatic heterocycles. The van der Waals surface area contributed by atoms with Crippen LogP contribution in [0.5, 0.6) is 0 Å². The van der Waals surface area contributed by atoms with Crippen molar-refractivity contribution in [1.82, 2.24) is 10.3 Å². The maximum Gasteiger partial charge on any atom is 0.261 e. The molecule has 1 saturated carbocycles. The molecule has 0 unspecified atom stereocenters. The molecule has 2 aliphatic rings. The third-order valence-electron chi connectivity index (χ3n) is 8.67. The first kappa shape index (κ1) is 27.6. The zero-order valence-corrected chi connectivity index (χ0v) is 25.0. The van der Waals surface area contributed by atoms with Crippen LogP contribution in [0, 0.1) is 5.82 Å². The highest BCUT2D eigenvalue weighted by Crippen LogP contribution is 2.47. The number of aryl methyl sites for hydroxylation is 1. The second-order valence-corrected chi connectivity index (χ2v) is 16.7. The van der Waals surface area contributed by atoms with Crippen LogP contribution in [-0.2, 0) is 16.4 Å². The number of hydrogen-bond acceptors (Lipinski definition) is 3. The average Bonchev–Trinajstić information content (AvgIpc) is 3.76. The minimum atomic E-state index is -2.72. The van der Waals surface area contributed by atoms with Gasteiger partial charge in [-0.05, 0) is 77.8 Å². The molecule has 0 bridgehead atoms. The van der Waals surface area contributed by atoms with Gasteiger partial charge in [-0.3, -0.25) is 9.78 Å². The summed E-state index contributed by atoms with van der Waals surface area (Å²) in [5.41, 5.74) is 3.12. The Kier molecular flexibility index (Phi) is 7.16. The van der Waals surface area contributed by atoms with E-state index in [1.807, 2.05) is 0 Å². The van der Waals surface area contributed by atoms with E-state index in [9.17, 15) is 9.18 Å². The van der Waals surface area contributed by atoms with Crippen molar-refractivity contribution >= 4 is 24.6 Å². The van der Waals surface area contributed by atoms with Crippen molar-refractivity contribution in [2.24, 2.45) is 0 Å². The molecule has 1 amide bonds. The van der Waals surface area contributed by atoms with E-state index in [-0.39, 0.29) is 22.9 Å². The predicted molar refractivity (Wildman–Crippen MR) is 163 cm³/mol. The quantitative estimate of drug-likeness (QED) is 0.258. The number of carbonyl (C=O) groups is 1. The first-order valence-corrected chi connectivity index (χ1v) is 16.5. The van der Waals surface area contributed by atoms with E-state index in [1.54, 1.807) is 0 Å². The van der Waals surface area contributed by atoms with E-state index in [1.165, 1.54) is 34.6 Å². The van der Waals surface area contributed by atoms with Gasteiger partial charge in [-0.15, -0.1) is 0 Å². The zero-order valence-electron chi connectivity index (χ0n) is 24.0. The standard InChI is InChI=1S/C35H37FN2O2Si/c1-34(2,3)41(27-11-6-4-7-12-27,28-13-8-5-9-14-28)40-31-16-10-15-30-29(31)21-22-32(37-30)35(23-24-35)38-33(39)25-17-19-26(36)20-18-25/h4-9,11-14,17-22,31H,10,15-16,23-24H2,1-3H3,(H,38,39)/t31-/m0/s1. The molecule has 4 nitrogen and oxygen atoms in total.